The Balaban J connectivity index is 1.05. The maximum absolute atomic E-state index is 13.3. The van der Waals surface area contributed by atoms with Crippen molar-refractivity contribution in [3.05, 3.63) is 132 Å². The van der Waals surface area contributed by atoms with E-state index in [0.29, 0.717) is 120 Å². The van der Waals surface area contributed by atoms with E-state index < -0.39 is 11.9 Å². The quantitative estimate of drug-likeness (QED) is 0.0156. The molecule has 0 N–H and O–H groups in total. The van der Waals surface area contributed by atoms with E-state index in [-0.39, 0.29) is 0 Å². The van der Waals surface area contributed by atoms with Crippen LogP contribution in [0.2, 0.25) is 0 Å². The van der Waals surface area contributed by atoms with Gasteiger partial charge in [0.15, 0.2) is 23.0 Å². The summed E-state index contributed by atoms with van der Waals surface area (Å²) in [6.45, 7) is 16.5. The van der Waals surface area contributed by atoms with Crippen LogP contribution >= 0.6 is 0 Å². The predicted molar refractivity (Wildman–Crippen MR) is 354 cm³/mol. The molecule has 0 atom stereocenters. The molecule has 0 saturated heterocycles. The van der Waals surface area contributed by atoms with E-state index in [1.54, 1.807) is 72.8 Å². The lowest BCUT2D eigenvalue weighted by molar-refractivity contribution is 0.0725. The van der Waals surface area contributed by atoms with E-state index in [9.17, 15) is 9.59 Å². The lowest BCUT2D eigenvalue weighted by Gasteiger charge is -2.18. The molecule has 6 rings (SSSR count). The molecule has 0 radical (unpaired) electrons. The molecule has 0 bridgehead atoms. The first kappa shape index (κ1) is 69.4. The molecular weight excluding hydrogens is 1100 g/mol. The van der Waals surface area contributed by atoms with Crippen LogP contribution in [0.1, 0.15) is 216 Å². The van der Waals surface area contributed by atoms with E-state index in [1.807, 2.05) is 48.5 Å². The summed E-state index contributed by atoms with van der Waals surface area (Å²) in [5, 5.41) is 18.4. The number of benzene rings is 6. The highest BCUT2D eigenvalue weighted by Gasteiger charge is 2.21. The van der Waals surface area contributed by atoms with Crippen LogP contribution in [0, 0.1) is 0 Å². The van der Waals surface area contributed by atoms with Crippen LogP contribution in [0.3, 0.4) is 0 Å². The molecule has 14 heteroatoms. The summed E-state index contributed by atoms with van der Waals surface area (Å²) >= 11 is 0. The van der Waals surface area contributed by atoms with Crippen molar-refractivity contribution in [2.75, 3.05) is 39.6 Å². The predicted octanol–water partition coefficient (Wildman–Crippen LogP) is 22.4. The number of carbonyl (C=O) groups is 2. The van der Waals surface area contributed by atoms with Gasteiger partial charge in [0.25, 0.3) is 0 Å². The third-order valence-electron chi connectivity index (χ3n) is 14.8. The molecular formula is C74H98N4O10. The second-order valence-corrected chi connectivity index (χ2v) is 22.3. The van der Waals surface area contributed by atoms with Crippen LogP contribution in [-0.4, -0.2) is 51.6 Å². The number of esters is 2. The molecule has 0 amide bonds. The third-order valence-corrected chi connectivity index (χ3v) is 14.8. The minimum Gasteiger partial charge on any atom is -0.490 e. The minimum atomic E-state index is -0.508. The fraction of sp³-hybridized carbons (Fsp3) is 0.486. The Bertz CT molecular complexity index is 2780. The first-order chi connectivity index (χ1) is 43.3. The van der Waals surface area contributed by atoms with Crippen molar-refractivity contribution in [1.29, 1.82) is 0 Å². The minimum absolute atomic E-state index is 0.363. The number of azo groups is 2. The molecule has 0 aliphatic rings. The lowest BCUT2D eigenvalue weighted by atomic mass is 10.1. The van der Waals surface area contributed by atoms with Crippen LogP contribution in [0.5, 0.6) is 46.0 Å². The average molecular weight is 1200 g/mol. The van der Waals surface area contributed by atoms with Gasteiger partial charge >= 0.3 is 11.9 Å². The van der Waals surface area contributed by atoms with Crippen LogP contribution in [0.25, 0.3) is 11.1 Å². The van der Waals surface area contributed by atoms with Crippen molar-refractivity contribution in [3.63, 3.8) is 0 Å². The summed E-state index contributed by atoms with van der Waals surface area (Å²) < 4.78 is 49.9. The molecule has 0 spiro atoms. The Hall–Kier alpha value is -7.74. The molecule has 0 fully saturated rings. The highest BCUT2D eigenvalue weighted by Crippen LogP contribution is 2.47. The summed E-state index contributed by atoms with van der Waals surface area (Å²) in [6.07, 6.45) is 26.0. The molecule has 6 aromatic carbocycles. The zero-order valence-corrected chi connectivity index (χ0v) is 53.6. The highest BCUT2D eigenvalue weighted by molar-refractivity contribution is 5.92. The summed E-state index contributed by atoms with van der Waals surface area (Å²) in [5.41, 5.74) is 4.69. The number of ether oxygens (including phenoxy) is 8. The second kappa shape index (κ2) is 41.4. The molecule has 14 nitrogen and oxygen atoms in total. The number of hydrogen-bond acceptors (Lipinski definition) is 14. The van der Waals surface area contributed by atoms with Crippen LogP contribution in [0.4, 0.5) is 22.7 Å². The van der Waals surface area contributed by atoms with Crippen LogP contribution in [-0.2, 0) is 0 Å². The molecule has 0 heterocycles. The van der Waals surface area contributed by atoms with E-state index in [2.05, 4.69) is 62.0 Å². The number of unbranched alkanes of at least 4 members (excludes halogenated alkanes) is 18. The van der Waals surface area contributed by atoms with E-state index in [4.69, 9.17) is 37.9 Å². The van der Waals surface area contributed by atoms with Gasteiger partial charge in [-0.25, -0.2) is 9.59 Å². The zero-order valence-electron chi connectivity index (χ0n) is 53.6. The number of rotatable bonds is 45. The van der Waals surface area contributed by atoms with Gasteiger partial charge in [0.1, 0.15) is 22.9 Å². The molecule has 0 unspecified atom stereocenters. The fourth-order valence-corrected chi connectivity index (χ4v) is 9.55. The van der Waals surface area contributed by atoms with Crippen LogP contribution < -0.4 is 37.9 Å². The van der Waals surface area contributed by atoms with Gasteiger partial charge in [-0.3, -0.25) is 0 Å². The van der Waals surface area contributed by atoms with Gasteiger partial charge in [-0.2, -0.15) is 10.2 Å². The molecule has 0 saturated carbocycles. The number of hydrogen-bond donors (Lipinski definition) is 0. The summed E-state index contributed by atoms with van der Waals surface area (Å²) in [6, 6.07) is 35.6. The number of nitrogens with zero attached hydrogens (tertiary/aromatic N) is 4. The Kier molecular flexibility index (Phi) is 32.6. The standard InChI is InChI=1S/C74H98N4O10/c1-7-13-19-25-51-81-67-49-47-65(69(83-53-27-21-15-9-3)71(67)85-55-29-23-17-11-5)77-75-61-39-31-59(32-40-61)73(79)87-63-43-35-57(36-44-63)58-37-45-64(46-38-58)88-74(80)60-33-41-62(42-34-60)76-78-66-48-50-68(82-52-26-20-14-8-2)72(86-56-30-24-18-12-6)70(66)84-54-28-22-16-10-4/h31-50H,7-30,51-56H2,1-6H3. The van der Waals surface area contributed by atoms with Crippen molar-refractivity contribution >= 4 is 34.7 Å². The van der Waals surface area contributed by atoms with Gasteiger partial charge < -0.3 is 37.9 Å². The Morgan fingerprint density at radius 3 is 0.864 bits per heavy atom. The van der Waals surface area contributed by atoms with Gasteiger partial charge in [0.05, 0.1) is 62.1 Å². The monoisotopic (exact) mass is 1200 g/mol. The van der Waals surface area contributed by atoms with Gasteiger partial charge in [-0.15, -0.1) is 10.2 Å². The van der Waals surface area contributed by atoms with Crippen molar-refractivity contribution in [1.82, 2.24) is 0 Å². The smallest absolute Gasteiger partial charge is 0.343 e. The first-order valence-corrected chi connectivity index (χ1v) is 33.1. The maximum atomic E-state index is 13.3. The Labute approximate surface area is 525 Å². The lowest BCUT2D eigenvalue weighted by Crippen LogP contribution is -2.08. The molecule has 0 aliphatic carbocycles. The van der Waals surface area contributed by atoms with Crippen molar-refractivity contribution < 1.29 is 47.5 Å². The first-order valence-electron chi connectivity index (χ1n) is 33.1. The second-order valence-electron chi connectivity index (χ2n) is 22.3. The normalized spacial score (nSPS) is 11.3. The van der Waals surface area contributed by atoms with Crippen molar-refractivity contribution in [3.8, 4) is 57.1 Å². The zero-order chi connectivity index (χ0) is 62.2. The molecule has 0 aliphatic heterocycles. The van der Waals surface area contributed by atoms with Crippen LogP contribution in [0.15, 0.2) is 142 Å². The van der Waals surface area contributed by atoms with E-state index in [0.717, 1.165) is 152 Å². The van der Waals surface area contributed by atoms with Gasteiger partial charge in [0.2, 0.25) is 11.5 Å². The summed E-state index contributed by atoms with van der Waals surface area (Å²) in [7, 11) is 0. The van der Waals surface area contributed by atoms with Crippen molar-refractivity contribution in [2.45, 2.75) is 196 Å². The molecule has 88 heavy (non-hydrogen) atoms. The SMILES string of the molecule is CCCCCCOc1ccc(N=Nc2ccc(C(=O)Oc3ccc(-c4ccc(OC(=O)c5ccc(N=Nc6ccc(OCCCCCC)c(OCCCCCC)c6OCCCCCC)cc5)cc4)cc3)cc2)c(OCCCCCC)c1OCCCCCC. The van der Waals surface area contributed by atoms with Crippen molar-refractivity contribution in [2.24, 2.45) is 20.5 Å². The topological polar surface area (TPSA) is 157 Å². The fourth-order valence-electron chi connectivity index (χ4n) is 9.55. The Morgan fingerprint density at radius 2 is 0.568 bits per heavy atom. The third kappa shape index (κ3) is 24.4. The van der Waals surface area contributed by atoms with Gasteiger partial charge in [-0.05, 0) is 147 Å². The number of carbonyl (C=O) groups excluding carboxylic acids is 2. The van der Waals surface area contributed by atoms with Gasteiger partial charge in [0, 0.05) is 0 Å². The Morgan fingerprint density at radius 1 is 0.284 bits per heavy atom. The summed E-state index contributed by atoms with van der Waals surface area (Å²) in [5.74, 6) is 3.28. The average Bonchev–Trinajstić information content (AvgIpc) is 2.68. The highest BCUT2D eigenvalue weighted by atomic mass is 16.6. The molecule has 474 valence electrons. The maximum Gasteiger partial charge on any atom is 0.343 e. The largest absolute Gasteiger partial charge is 0.490 e. The van der Waals surface area contributed by atoms with E-state index in [1.165, 1.54) is 12.8 Å². The molecule has 6 aromatic rings. The molecule has 0 aromatic heterocycles. The van der Waals surface area contributed by atoms with E-state index >= 15 is 0 Å². The van der Waals surface area contributed by atoms with Gasteiger partial charge in [-0.1, -0.05) is 181 Å². The summed E-state index contributed by atoms with van der Waals surface area (Å²) in [4.78, 5) is 26.7.